The van der Waals surface area contributed by atoms with Crippen LogP contribution in [0, 0.1) is 5.82 Å². The summed E-state index contributed by atoms with van der Waals surface area (Å²) in [6.45, 7) is 5.41. The number of nitrogens with one attached hydrogen (secondary N) is 1. The van der Waals surface area contributed by atoms with Gasteiger partial charge in [-0.2, -0.15) is 0 Å². The second-order valence-electron chi connectivity index (χ2n) is 8.24. The number of rotatable bonds is 6. The Bertz CT molecular complexity index is 1310. The van der Waals surface area contributed by atoms with Gasteiger partial charge in [-0.25, -0.2) is 9.37 Å². The first-order valence-electron chi connectivity index (χ1n) is 11.1. The van der Waals surface area contributed by atoms with Crippen molar-refractivity contribution in [2.75, 3.05) is 32.7 Å². The summed E-state index contributed by atoms with van der Waals surface area (Å²) in [5.74, 6) is 0.400. The molecule has 1 fully saturated rings. The lowest BCUT2D eigenvalue weighted by Crippen LogP contribution is -2.46. The largest absolute Gasteiger partial charge is 0.309 e. The Morgan fingerprint density at radius 2 is 1.73 bits per heavy atom. The van der Waals surface area contributed by atoms with Gasteiger partial charge < -0.3 is 4.98 Å². The molecule has 4 aromatic rings. The first kappa shape index (κ1) is 21.7. The van der Waals surface area contributed by atoms with E-state index in [9.17, 15) is 9.18 Å². The van der Waals surface area contributed by atoms with Gasteiger partial charge >= 0.3 is 0 Å². The fourth-order valence-corrected chi connectivity index (χ4v) is 5.12. The Balaban J connectivity index is 1.21. The number of H-pyrrole nitrogens is 1. The second kappa shape index (κ2) is 9.79. The van der Waals surface area contributed by atoms with Gasteiger partial charge in [-0.3, -0.25) is 14.6 Å². The van der Waals surface area contributed by atoms with Crippen molar-refractivity contribution < 1.29 is 4.39 Å². The Kier molecular flexibility index (Phi) is 6.44. The Labute approximate surface area is 195 Å². The number of benzene rings is 2. The molecule has 0 unspecified atom stereocenters. The molecule has 168 valence electrons. The van der Waals surface area contributed by atoms with Crippen LogP contribution in [0.15, 0.2) is 70.8 Å². The molecular weight excluding hydrogens is 435 g/mol. The smallest absolute Gasteiger partial charge is 0.260 e. The number of halogens is 1. The minimum Gasteiger partial charge on any atom is -0.309 e. The van der Waals surface area contributed by atoms with Crippen molar-refractivity contribution in [3.63, 3.8) is 0 Å². The lowest BCUT2D eigenvalue weighted by molar-refractivity contribution is 0.134. The molecule has 5 nitrogen and oxygen atoms in total. The zero-order valence-corrected chi connectivity index (χ0v) is 19.0. The summed E-state index contributed by atoms with van der Waals surface area (Å²) in [4.78, 5) is 26.0. The molecule has 1 saturated heterocycles. The van der Waals surface area contributed by atoms with E-state index in [1.54, 1.807) is 12.1 Å². The fraction of sp³-hybridized carbons (Fsp3) is 0.231. The lowest BCUT2D eigenvalue weighted by Gasteiger charge is -2.33. The summed E-state index contributed by atoms with van der Waals surface area (Å²) < 4.78 is 13.3. The molecule has 0 atom stereocenters. The van der Waals surface area contributed by atoms with Crippen LogP contribution in [-0.4, -0.2) is 52.5 Å². The third kappa shape index (κ3) is 5.11. The van der Waals surface area contributed by atoms with Crippen LogP contribution in [0.2, 0.25) is 0 Å². The van der Waals surface area contributed by atoms with Gasteiger partial charge in [0.15, 0.2) is 0 Å². The van der Waals surface area contributed by atoms with Crippen molar-refractivity contribution >= 4 is 27.6 Å². The van der Waals surface area contributed by atoms with E-state index < -0.39 is 0 Å². The first-order chi connectivity index (χ1) is 16.2. The van der Waals surface area contributed by atoms with Crippen LogP contribution in [0.1, 0.15) is 11.4 Å². The third-order valence-corrected chi connectivity index (χ3v) is 6.83. The highest BCUT2D eigenvalue weighted by atomic mass is 32.1. The zero-order valence-electron chi connectivity index (χ0n) is 18.2. The molecule has 33 heavy (non-hydrogen) atoms. The summed E-state index contributed by atoms with van der Waals surface area (Å²) in [7, 11) is 0. The summed E-state index contributed by atoms with van der Waals surface area (Å²) in [5.41, 5.74) is 2.70. The summed E-state index contributed by atoms with van der Waals surface area (Å²) in [6.07, 6.45) is 4.38. The molecular formula is C26H25FN4OS. The van der Waals surface area contributed by atoms with Gasteiger partial charge in [-0.1, -0.05) is 54.6 Å². The maximum atomic E-state index is 13.3. The molecule has 0 amide bonds. The average molecular weight is 461 g/mol. The van der Waals surface area contributed by atoms with Gasteiger partial charge in [0.05, 0.1) is 11.9 Å². The number of piperazine rings is 1. The van der Waals surface area contributed by atoms with Gasteiger partial charge in [0.25, 0.3) is 5.56 Å². The summed E-state index contributed by atoms with van der Waals surface area (Å²) in [6, 6.07) is 16.5. The highest BCUT2D eigenvalue weighted by Crippen LogP contribution is 2.30. The van der Waals surface area contributed by atoms with E-state index >= 15 is 0 Å². The van der Waals surface area contributed by atoms with Crippen molar-refractivity contribution in [3.8, 4) is 11.1 Å². The second-order valence-corrected chi connectivity index (χ2v) is 9.10. The standard InChI is InChI=1S/C26H25FN4OS/c27-21-10-8-20(9-11-21)22-18-33-26-24(22)25(32)28-23(29-26)17-31-15-13-30(14-16-31)12-4-7-19-5-2-1-3-6-19/h1-11,18H,12-17H2,(H,28,29,32)/b7-4+. The molecule has 5 rings (SSSR count). The molecule has 1 N–H and O–H groups in total. The van der Waals surface area contributed by atoms with Crippen molar-refractivity contribution in [1.29, 1.82) is 0 Å². The third-order valence-electron chi connectivity index (χ3n) is 5.96. The SMILES string of the molecule is O=c1[nH]c(CN2CCN(C/C=C/c3ccccc3)CC2)nc2scc(-c3ccc(F)cc3)c12. The first-order valence-corrected chi connectivity index (χ1v) is 12.0. The van der Waals surface area contributed by atoms with Crippen LogP contribution >= 0.6 is 11.3 Å². The summed E-state index contributed by atoms with van der Waals surface area (Å²) in [5, 5.41) is 2.50. The van der Waals surface area contributed by atoms with Crippen LogP contribution in [0.25, 0.3) is 27.4 Å². The van der Waals surface area contributed by atoms with Gasteiger partial charge in [0.1, 0.15) is 16.5 Å². The normalized spacial score (nSPS) is 15.5. The predicted octanol–water partition coefficient (Wildman–Crippen LogP) is 4.62. The van der Waals surface area contributed by atoms with E-state index in [-0.39, 0.29) is 11.4 Å². The van der Waals surface area contributed by atoms with Gasteiger partial charge in [-0.05, 0) is 23.3 Å². The lowest BCUT2D eigenvalue weighted by atomic mass is 10.1. The van der Waals surface area contributed by atoms with Crippen LogP contribution < -0.4 is 5.56 Å². The number of aromatic amines is 1. The molecule has 0 saturated carbocycles. The molecule has 1 aliphatic rings. The quantitative estimate of drug-likeness (QED) is 0.456. The summed E-state index contributed by atoms with van der Waals surface area (Å²) >= 11 is 1.45. The highest BCUT2D eigenvalue weighted by Gasteiger charge is 2.18. The Morgan fingerprint density at radius 3 is 2.48 bits per heavy atom. The van der Waals surface area contributed by atoms with Gasteiger partial charge in [-0.15, -0.1) is 11.3 Å². The number of thiophene rings is 1. The van der Waals surface area contributed by atoms with Crippen molar-refractivity contribution in [3.05, 3.63) is 93.6 Å². The van der Waals surface area contributed by atoms with Gasteiger partial charge in [0.2, 0.25) is 0 Å². The van der Waals surface area contributed by atoms with E-state index in [1.807, 2.05) is 23.6 Å². The van der Waals surface area contributed by atoms with E-state index in [2.05, 4.69) is 39.1 Å². The van der Waals surface area contributed by atoms with Crippen molar-refractivity contribution in [2.24, 2.45) is 0 Å². The number of nitrogens with zero attached hydrogens (tertiary/aromatic N) is 3. The molecule has 0 aliphatic carbocycles. The molecule has 3 heterocycles. The van der Waals surface area contributed by atoms with Gasteiger partial charge in [0, 0.05) is 43.7 Å². The minimum atomic E-state index is -0.292. The van der Waals surface area contributed by atoms with Crippen LogP contribution in [0.5, 0.6) is 0 Å². The maximum absolute atomic E-state index is 13.3. The number of hydrogen-bond acceptors (Lipinski definition) is 5. The van der Waals surface area contributed by atoms with Crippen molar-refractivity contribution in [1.82, 2.24) is 19.8 Å². The Hall–Kier alpha value is -3.13. The van der Waals surface area contributed by atoms with E-state index in [1.165, 1.54) is 29.0 Å². The maximum Gasteiger partial charge on any atom is 0.260 e. The zero-order chi connectivity index (χ0) is 22.6. The molecule has 0 spiro atoms. The molecule has 1 aliphatic heterocycles. The number of aromatic nitrogens is 2. The van der Waals surface area contributed by atoms with E-state index in [0.29, 0.717) is 17.8 Å². The highest BCUT2D eigenvalue weighted by molar-refractivity contribution is 7.17. The van der Waals surface area contributed by atoms with E-state index in [0.717, 1.165) is 48.7 Å². The van der Waals surface area contributed by atoms with Crippen LogP contribution in [0.3, 0.4) is 0 Å². The van der Waals surface area contributed by atoms with Crippen LogP contribution in [-0.2, 0) is 6.54 Å². The average Bonchev–Trinajstić information content (AvgIpc) is 3.26. The van der Waals surface area contributed by atoms with Crippen LogP contribution in [0.4, 0.5) is 4.39 Å². The fourth-order valence-electron chi connectivity index (χ4n) is 4.15. The minimum absolute atomic E-state index is 0.139. The molecule has 2 aromatic heterocycles. The Morgan fingerprint density at radius 1 is 1.00 bits per heavy atom. The topological polar surface area (TPSA) is 52.2 Å². The molecule has 2 aromatic carbocycles. The predicted molar refractivity (Wildman–Crippen MR) is 133 cm³/mol. The molecule has 0 bridgehead atoms. The molecule has 0 radical (unpaired) electrons. The van der Waals surface area contributed by atoms with Crippen molar-refractivity contribution in [2.45, 2.75) is 6.54 Å². The number of hydrogen-bond donors (Lipinski definition) is 1. The molecule has 7 heteroatoms. The number of fused-ring (bicyclic) bond motifs is 1. The monoisotopic (exact) mass is 460 g/mol. The van der Waals surface area contributed by atoms with E-state index in [4.69, 9.17) is 4.98 Å².